The zero-order chi connectivity index (χ0) is 20.1. The topological polar surface area (TPSA) is 54.0 Å². The summed E-state index contributed by atoms with van der Waals surface area (Å²) in [4.78, 5) is 16.8. The van der Waals surface area contributed by atoms with Crippen LogP contribution in [-0.4, -0.2) is 42.8 Å². The first kappa shape index (κ1) is 18.6. The number of fused-ring (bicyclic) bond motifs is 4. The van der Waals surface area contributed by atoms with Crippen molar-refractivity contribution in [2.24, 2.45) is 5.92 Å². The molecule has 1 saturated heterocycles. The Morgan fingerprint density at radius 1 is 1.25 bits per heavy atom. The molecule has 146 valence electrons. The van der Waals surface area contributed by atoms with E-state index in [0.29, 0.717) is 16.6 Å². The number of rotatable bonds is 3. The lowest BCUT2D eigenvalue weighted by molar-refractivity contribution is -0.144. The van der Waals surface area contributed by atoms with Gasteiger partial charge >= 0.3 is 0 Å². The van der Waals surface area contributed by atoms with Crippen LogP contribution in [0, 0.1) is 5.92 Å². The molecule has 2 aromatic carbocycles. The average molecular weight is 398 g/mol. The molecule has 0 unspecified atom stereocenters. The van der Waals surface area contributed by atoms with Gasteiger partial charge < -0.3 is 19.7 Å². The van der Waals surface area contributed by atoms with E-state index in [1.807, 2.05) is 60.4 Å². The molecule has 0 aromatic heterocycles. The van der Waals surface area contributed by atoms with Crippen LogP contribution in [-0.2, 0) is 4.79 Å². The Hall–Kier alpha value is -2.80. The van der Waals surface area contributed by atoms with E-state index in [1.165, 1.54) is 0 Å². The Bertz CT molecular complexity index is 934. The highest BCUT2D eigenvalue weighted by atomic mass is 32.1. The lowest BCUT2D eigenvalue weighted by Crippen LogP contribution is -2.72. The number of anilines is 1. The number of carbonyl (C=O) groups is 1. The fourth-order valence-electron chi connectivity index (χ4n) is 4.11. The van der Waals surface area contributed by atoms with Gasteiger partial charge in [0, 0.05) is 25.3 Å². The molecule has 3 atom stereocenters. The summed E-state index contributed by atoms with van der Waals surface area (Å²) >= 11 is 5.71. The van der Waals surface area contributed by atoms with Crippen molar-refractivity contribution in [3.8, 4) is 11.5 Å². The quantitative estimate of drug-likeness (QED) is 0.804. The number of nitrogens with zero attached hydrogens (tertiary/aromatic N) is 2. The molecule has 0 radical (unpaired) electrons. The highest BCUT2D eigenvalue weighted by molar-refractivity contribution is 7.80. The molecular weight excluding hydrogens is 374 g/mol. The van der Waals surface area contributed by atoms with E-state index < -0.39 is 11.6 Å². The van der Waals surface area contributed by atoms with Gasteiger partial charge in [-0.1, -0.05) is 18.2 Å². The van der Waals surface area contributed by atoms with E-state index >= 15 is 0 Å². The minimum absolute atomic E-state index is 0.0306. The number of methoxy groups -OCH3 is 1. The summed E-state index contributed by atoms with van der Waals surface area (Å²) < 4.78 is 11.9. The standard InChI is InChI=1S/C21H23N3O3S/c1-21-17(19(25)23(2)3)18(15-12-14(26-4)10-11-16(15)27-21)22-20(28)24(21)13-8-6-5-7-9-13/h5-12,17-18H,1-4H3,(H,22,28)/t17-,18-,21+/m1/s1. The molecule has 1 fully saturated rings. The maximum absolute atomic E-state index is 13.3. The van der Waals surface area contributed by atoms with Crippen LogP contribution < -0.4 is 19.7 Å². The molecule has 1 amide bonds. The van der Waals surface area contributed by atoms with Crippen LogP contribution in [0.5, 0.6) is 11.5 Å². The zero-order valence-electron chi connectivity index (χ0n) is 16.3. The van der Waals surface area contributed by atoms with Crippen molar-refractivity contribution in [3.63, 3.8) is 0 Å². The smallest absolute Gasteiger partial charge is 0.233 e. The summed E-state index contributed by atoms with van der Waals surface area (Å²) in [7, 11) is 5.13. The average Bonchev–Trinajstić information content (AvgIpc) is 2.67. The fraction of sp³-hybridized carbons (Fsp3) is 0.333. The molecule has 2 bridgehead atoms. The van der Waals surface area contributed by atoms with Gasteiger partial charge in [0.1, 0.15) is 17.4 Å². The van der Waals surface area contributed by atoms with Gasteiger partial charge in [-0.15, -0.1) is 0 Å². The van der Waals surface area contributed by atoms with E-state index in [0.717, 1.165) is 11.3 Å². The van der Waals surface area contributed by atoms with E-state index in [4.69, 9.17) is 21.7 Å². The Morgan fingerprint density at radius 2 is 1.96 bits per heavy atom. The third-order valence-electron chi connectivity index (χ3n) is 5.43. The minimum Gasteiger partial charge on any atom is -0.497 e. The first-order valence-electron chi connectivity index (χ1n) is 9.10. The maximum Gasteiger partial charge on any atom is 0.233 e. The first-order valence-corrected chi connectivity index (χ1v) is 9.51. The Kier molecular flexibility index (Phi) is 4.42. The predicted molar refractivity (Wildman–Crippen MR) is 112 cm³/mol. The summed E-state index contributed by atoms with van der Waals surface area (Å²) in [6.45, 7) is 1.93. The zero-order valence-corrected chi connectivity index (χ0v) is 17.1. The number of hydrogen-bond donors (Lipinski definition) is 1. The molecule has 1 N–H and O–H groups in total. The molecule has 7 heteroatoms. The van der Waals surface area contributed by atoms with Crippen molar-refractivity contribution in [1.82, 2.24) is 10.2 Å². The van der Waals surface area contributed by atoms with Gasteiger partial charge in [-0.3, -0.25) is 9.69 Å². The molecule has 2 aliphatic heterocycles. The van der Waals surface area contributed by atoms with Crippen LogP contribution in [0.3, 0.4) is 0 Å². The van der Waals surface area contributed by atoms with Gasteiger partial charge in [-0.2, -0.15) is 0 Å². The minimum atomic E-state index is -0.975. The van der Waals surface area contributed by atoms with Crippen LogP contribution in [0.25, 0.3) is 0 Å². The number of thiocarbonyl (C=S) groups is 1. The second-order valence-corrected chi connectivity index (χ2v) is 7.76. The van der Waals surface area contributed by atoms with Crippen LogP contribution >= 0.6 is 12.2 Å². The molecule has 2 heterocycles. The van der Waals surface area contributed by atoms with Crippen LogP contribution in [0.1, 0.15) is 18.5 Å². The summed E-state index contributed by atoms with van der Waals surface area (Å²) in [5, 5.41) is 3.91. The Balaban J connectivity index is 1.91. The number of ether oxygens (including phenoxy) is 2. The van der Waals surface area contributed by atoms with Crippen molar-refractivity contribution < 1.29 is 14.3 Å². The van der Waals surface area contributed by atoms with E-state index in [-0.39, 0.29) is 11.9 Å². The third kappa shape index (κ3) is 2.69. The van der Waals surface area contributed by atoms with Crippen molar-refractivity contribution in [2.75, 3.05) is 26.1 Å². The molecular formula is C21H23N3O3S. The van der Waals surface area contributed by atoms with E-state index in [1.54, 1.807) is 26.1 Å². The Morgan fingerprint density at radius 3 is 2.61 bits per heavy atom. The number of benzene rings is 2. The number of para-hydroxylation sites is 1. The van der Waals surface area contributed by atoms with Crippen molar-refractivity contribution in [2.45, 2.75) is 18.7 Å². The van der Waals surface area contributed by atoms with Gasteiger partial charge in [0.2, 0.25) is 5.91 Å². The van der Waals surface area contributed by atoms with E-state index in [9.17, 15) is 4.79 Å². The molecule has 2 aliphatic rings. The molecule has 0 saturated carbocycles. The molecule has 0 aliphatic carbocycles. The van der Waals surface area contributed by atoms with Gasteiger partial charge in [0.15, 0.2) is 10.8 Å². The molecule has 28 heavy (non-hydrogen) atoms. The fourth-order valence-corrected chi connectivity index (χ4v) is 4.52. The number of hydrogen-bond acceptors (Lipinski definition) is 4. The monoisotopic (exact) mass is 397 g/mol. The summed E-state index contributed by atoms with van der Waals surface area (Å²) in [5.41, 5.74) is 0.763. The van der Waals surface area contributed by atoms with Gasteiger partial charge in [0.25, 0.3) is 0 Å². The molecule has 2 aromatic rings. The van der Waals surface area contributed by atoms with Gasteiger partial charge in [-0.05, 0) is 49.5 Å². The lowest BCUT2D eigenvalue weighted by Gasteiger charge is -2.56. The highest BCUT2D eigenvalue weighted by Crippen LogP contribution is 2.50. The van der Waals surface area contributed by atoms with Crippen LogP contribution in [0.2, 0.25) is 0 Å². The highest BCUT2D eigenvalue weighted by Gasteiger charge is 2.59. The summed E-state index contributed by atoms with van der Waals surface area (Å²) in [6.07, 6.45) is 0. The largest absolute Gasteiger partial charge is 0.497 e. The molecule has 6 nitrogen and oxygen atoms in total. The number of nitrogens with one attached hydrogen (secondary N) is 1. The normalized spacial score (nSPS) is 25.3. The maximum atomic E-state index is 13.3. The molecule has 0 spiro atoms. The third-order valence-corrected chi connectivity index (χ3v) is 5.73. The van der Waals surface area contributed by atoms with Crippen molar-refractivity contribution in [3.05, 3.63) is 54.1 Å². The van der Waals surface area contributed by atoms with Crippen LogP contribution in [0.4, 0.5) is 5.69 Å². The Labute approximate surface area is 170 Å². The SMILES string of the molecule is COc1ccc2c(c1)[C@H]1NC(=S)N(c3ccccc3)[C@@](C)(O2)[C@H]1C(=O)N(C)C. The van der Waals surface area contributed by atoms with Gasteiger partial charge in [0.05, 0.1) is 13.2 Å². The van der Waals surface area contributed by atoms with Crippen molar-refractivity contribution in [1.29, 1.82) is 0 Å². The lowest BCUT2D eigenvalue weighted by atomic mass is 9.78. The van der Waals surface area contributed by atoms with Crippen LogP contribution in [0.15, 0.2) is 48.5 Å². The summed E-state index contributed by atoms with van der Waals surface area (Å²) in [5.74, 6) is 0.887. The number of amides is 1. The van der Waals surface area contributed by atoms with Crippen molar-refractivity contribution >= 4 is 28.9 Å². The number of carbonyl (C=O) groups excluding carboxylic acids is 1. The second-order valence-electron chi connectivity index (χ2n) is 7.37. The second kappa shape index (κ2) is 6.67. The van der Waals surface area contributed by atoms with E-state index in [2.05, 4.69) is 5.32 Å². The van der Waals surface area contributed by atoms with Gasteiger partial charge in [-0.25, -0.2) is 0 Å². The summed E-state index contributed by atoms with van der Waals surface area (Å²) in [6, 6.07) is 15.1. The predicted octanol–water partition coefficient (Wildman–Crippen LogP) is 2.94. The first-order chi connectivity index (χ1) is 13.4. The molecule has 4 rings (SSSR count).